The maximum atomic E-state index is 11.6. The summed E-state index contributed by atoms with van der Waals surface area (Å²) in [7, 11) is 0. The molecule has 0 saturated heterocycles. The molecule has 16 heavy (non-hydrogen) atoms. The van der Waals surface area contributed by atoms with Gasteiger partial charge in [-0.3, -0.25) is 9.59 Å². The molecule has 6 nitrogen and oxygen atoms in total. The average Bonchev–Trinajstić information content (AvgIpc) is 2.20. The van der Waals surface area contributed by atoms with E-state index in [9.17, 15) is 9.59 Å². The van der Waals surface area contributed by atoms with Gasteiger partial charge in [0, 0.05) is 12.1 Å². The third-order valence-electron chi connectivity index (χ3n) is 2.88. The Morgan fingerprint density at radius 3 is 2.31 bits per heavy atom. The van der Waals surface area contributed by atoms with E-state index in [2.05, 4.69) is 5.32 Å². The van der Waals surface area contributed by atoms with Crippen molar-refractivity contribution in [3.05, 3.63) is 0 Å². The van der Waals surface area contributed by atoms with Crippen molar-refractivity contribution in [3.8, 4) is 0 Å². The maximum absolute atomic E-state index is 11.6. The van der Waals surface area contributed by atoms with Gasteiger partial charge in [-0.1, -0.05) is 0 Å². The Bertz CT molecular complexity index is 262. The number of rotatable bonds is 4. The van der Waals surface area contributed by atoms with Crippen molar-refractivity contribution in [3.63, 3.8) is 0 Å². The number of hydrogen-bond acceptors (Lipinski definition) is 4. The molecule has 1 aliphatic rings. The second kappa shape index (κ2) is 5.81. The highest BCUT2D eigenvalue weighted by molar-refractivity contribution is 5.87. The van der Waals surface area contributed by atoms with Crippen molar-refractivity contribution < 1.29 is 9.59 Å². The summed E-state index contributed by atoms with van der Waals surface area (Å²) in [5, 5.41) is 2.82. The monoisotopic (exact) mass is 228 g/mol. The zero-order valence-electron chi connectivity index (χ0n) is 9.32. The summed E-state index contributed by atoms with van der Waals surface area (Å²) in [5.41, 5.74) is 16.2. The molecule has 2 amide bonds. The second-order valence-corrected chi connectivity index (χ2v) is 4.40. The minimum absolute atomic E-state index is 0.113. The van der Waals surface area contributed by atoms with E-state index in [1.807, 2.05) is 0 Å². The van der Waals surface area contributed by atoms with Crippen molar-refractivity contribution in [1.29, 1.82) is 0 Å². The van der Waals surface area contributed by atoms with Gasteiger partial charge in [0.2, 0.25) is 11.8 Å². The number of nitrogens with two attached hydrogens (primary N) is 3. The minimum Gasteiger partial charge on any atom is -0.370 e. The summed E-state index contributed by atoms with van der Waals surface area (Å²) >= 11 is 0. The predicted octanol–water partition coefficient (Wildman–Crippen LogP) is -1.42. The summed E-state index contributed by atoms with van der Waals surface area (Å²) < 4.78 is 0. The standard InChI is InChI=1S/C10H20N4O2/c11-6-1-3-7(4-2-6)14-10(16)8(12)5-9(13)15/h6-8H,1-5,11-12H2,(H2,13,15)(H,14,16). The molecule has 0 aromatic heterocycles. The number of nitrogens with one attached hydrogen (secondary N) is 1. The third kappa shape index (κ3) is 4.16. The number of carbonyl (C=O) groups excluding carboxylic acids is 2. The maximum Gasteiger partial charge on any atom is 0.237 e. The Hall–Kier alpha value is -1.14. The first-order valence-electron chi connectivity index (χ1n) is 5.59. The van der Waals surface area contributed by atoms with E-state index in [1.165, 1.54) is 0 Å². The molecule has 7 N–H and O–H groups in total. The van der Waals surface area contributed by atoms with E-state index in [1.54, 1.807) is 0 Å². The Kier molecular flexibility index (Phi) is 4.70. The van der Waals surface area contributed by atoms with Gasteiger partial charge in [0.25, 0.3) is 0 Å². The quantitative estimate of drug-likeness (QED) is 0.471. The van der Waals surface area contributed by atoms with Crippen LogP contribution in [-0.2, 0) is 9.59 Å². The average molecular weight is 228 g/mol. The smallest absolute Gasteiger partial charge is 0.237 e. The summed E-state index contributed by atoms with van der Waals surface area (Å²) in [4.78, 5) is 22.1. The highest BCUT2D eigenvalue weighted by atomic mass is 16.2. The largest absolute Gasteiger partial charge is 0.370 e. The molecular weight excluding hydrogens is 208 g/mol. The lowest BCUT2D eigenvalue weighted by Crippen LogP contribution is -2.48. The van der Waals surface area contributed by atoms with Crippen molar-refractivity contribution in [2.24, 2.45) is 17.2 Å². The van der Waals surface area contributed by atoms with Crippen LogP contribution in [-0.4, -0.2) is 29.9 Å². The lowest BCUT2D eigenvalue weighted by atomic mass is 9.91. The fraction of sp³-hybridized carbons (Fsp3) is 0.800. The normalized spacial score (nSPS) is 27.1. The van der Waals surface area contributed by atoms with Gasteiger partial charge in [-0.2, -0.15) is 0 Å². The van der Waals surface area contributed by atoms with E-state index in [-0.39, 0.29) is 24.4 Å². The molecule has 6 heteroatoms. The predicted molar refractivity (Wildman–Crippen MR) is 60.2 cm³/mol. The number of carbonyl (C=O) groups is 2. The van der Waals surface area contributed by atoms with Crippen LogP contribution in [0.15, 0.2) is 0 Å². The van der Waals surface area contributed by atoms with Crippen molar-refractivity contribution in [2.45, 2.75) is 50.2 Å². The topological polar surface area (TPSA) is 124 Å². The molecule has 1 atom stereocenters. The Morgan fingerprint density at radius 2 is 1.81 bits per heavy atom. The lowest BCUT2D eigenvalue weighted by Gasteiger charge is -2.27. The van der Waals surface area contributed by atoms with E-state index in [4.69, 9.17) is 17.2 Å². The van der Waals surface area contributed by atoms with Gasteiger partial charge in [-0.15, -0.1) is 0 Å². The second-order valence-electron chi connectivity index (χ2n) is 4.40. The molecule has 1 saturated carbocycles. The molecule has 1 unspecified atom stereocenters. The zero-order chi connectivity index (χ0) is 12.1. The Labute approximate surface area is 94.9 Å². The molecule has 0 radical (unpaired) electrons. The third-order valence-corrected chi connectivity index (χ3v) is 2.88. The molecule has 0 bridgehead atoms. The van der Waals surface area contributed by atoms with E-state index < -0.39 is 11.9 Å². The van der Waals surface area contributed by atoms with Crippen LogP contribution in [0.2, 0.25) is 0 Å². The molecule has 0 spiro atoms. The fourth-order valence-electron chi connectivity index (χ4n) is 1.88. The molecule has 0 aliphatic heterocycles. The van der Waals surface area contributed by atoms with Crippen molar-refractivity contribution >= 4 is 11.8 Å². The summed E-state index contributed by atoms with van der Waals surface area (Å²) in [6.07, 6.45) is 3.45. The molecule has 0 aromatic carbocycles. The molecule has 1 rings (SSSR count). The summed E-state index contributed by atoms with van der Waals surface area (Å²) in [6.45, 7) is 0. The van der Waals surface area contributed by atoms with Crippen LogP contribution in [0.4, 0.5) is 0 Å². The SMILES string of the molecule is NC(=O)CC(N)C(=O)NC1CCC(N)CC1. The number of amides is 2. The zero-order valence-corrected chi connectivity index (χ0v) is 9.32. The van der Waals surface area contributed by atoms with Gasteiger partial charge < -0.3 is 22.5 Å². The summed E-state index contributed by atoms with van der Waals surface area (Å²) in [5.74, 6) is -0.868. The Balaban J connectivity index is 2.31. The molecule has 1 aliphatic carbocycles. The number of primary amides is 1. The molecule has 0 heterocycles. The van der Waals surface area contributed by atoms with Gasteiger partial charge in [-0.05, 0) is 25.7 Å². The van der Waals surface area contributed by atoms with Crippen LogP contribution in [0.3, 0.4) is 0 Å². The highest BCUT2D eigenvalue weighted by Crippen LogP contribution is 2.16. The lowest BCUT2D eigenvalue weighted by molar-refractivity contribution is -0.127. The van der Waals surface area contributed by atoms with Gasteiger partial charge in [-0.25, -0.2) is 0 Å². The first kappa shape index (κ1) is 12.9. The van der Waals surface area contributed by atoms with Crippen LogP contribution in [0.1, 0.15) is 32.1 Å². The molecule has 92 valence electrons. The van der Waals surface area contributed by atoms with Crippen LogP contribution in [0.5, 0.6) is 0 Å². The highest BCUT2D eigenvalue weighted by Gasteiger charge is 2.23. The van der Waals surface area contributed by atoms with Gasteiger partial charge >= 0.3 is 0 Å². The summed E-state index contributed by atoms with van der Waals surface area (Å²) in [6, 6.07) is -0.466. The van der Waals surface area contributed by atoms with Gasteiger partial charge in [0.15, 0.2) is 0 Å². The van der Waals surface area contributed by atoms with Crippen LogP contribution < -0.4 is 22.5 Å². The molecule has 1 fully saturated rings. The van der Waals surface area contributed by atoms with Crippen molar-refractivity contribution in [2.75, 3.05) is 0 Å². The van der Waals surface area contributed by atoms with Crippen LogP contribution >= 0.6 is 0 Å². The van der Waals surface area contributed by atoms with E-state index in [0.717, 1.165) is 25.7 Å². The van der Waals surface area contributed by atoms with E-state index >= 15 is 0 Å². The van der Waals surface area contributed by atoms with Crippen molar-refractivity contribution in [1.82, 2.24) is 5.32 Å². The van der Waals surface area contributed by atoms with Crippen LogP contribution in [0, 0.1) is 0 Å². The first-order chi connectivity index (χ1) is 7.49. The number of hydrogen-bond donors (Lipinski definition) is 4. The van der Waals surface area contributed by atoms with E-state index in [0.29, 0.717) is 0 Å². The molecule has 0 aromatic rings. The van der Waals surface area contributed by atoms with Crippen LogP contribution in [0.25, 0.3) is 0 Å². The van der Waals surface area contributed by atoms with Gasteiger partial charge in [0.1, 0.15) is 0 Å². The van der Waals surface area contributed by atoms with Gasteiger partial charge in [0.05, 0.1) is 12.5 Å². The minimum atomic E-state index is -0.840. The first-order valence-corrected chi connectivity index (χ1v) is 5.59. The molecular formula is C10H20N4O2. The fourth-order valence-corrected chi connectivity index (χ4v) is 1.88. The Morgan fingerprint density at radius 1 is 1.25 bits per heavy atom.